The third-order valence-corrected chi connectivity index (χ3v) is 4.06. The molecule has 0 aromatic heterocycles. The minimum absolute atomic E-state index is 0. The maximum absolute atomic E-state index is 12.3. The number of halogens is 1. The van der Waals surface area contributed by atoms with Crippen LogP contribution in [0.3, 0.4) is 0 Å². The van der Waals surface area contributed by atoms with Gasteiger partial charge >= 0.3 is 0 Å². The van der Waals surface area contributed by atoms with Crippen LogP contribution in [0.2, 0.25) is 0 Å². The summed E-state index contributed by atoms with van der Waals surface area (Å²) in [4.78, 5) is 12.3. The van der Waals surface area contributed by atoms with Crippen LogP contribution < -0.4 is 10.6 Å². The lowest BCUT2D eigenvalue weighted by atomic mass is 9.83. The Hall–Kier alpha value is -1.06. The maximum atomic E-state index is 12.3. The van der Waals surface area contributed by atoms with Crippen molar-refractivity contribution in [1.82, 2.24) is 10.6 Å². The number of benzene rings is 1. The number of nitrogens with one attached hydrogen (secondary N) is 2. The molecular formula is C16H25ClN2O. The summed E-state index contributed by atoms with van der Waals surface area (Å²) in [7, 11) is 0. The highest BCUT2D eigenvalue weighted by Gasteiger charge is 2.29. The summed E-state index contributed by atoms with van der Waals surface area (Å²) < 4.78 is 0. The van der Waals surface area contributed by atoms with Gasteiger partial charge in [0.15, 0.2) is 0 Å². The Morgan fingerprint density at radius 2 is 2.05 bits per heavy atom. The van der Waals surface area contributed by atoms with Gasteiger partial charge in [-0.05, 0) is 51.3 Å². The smallest absolute Gasteiger partial charge is 0.230 e. The molecule has 1 aromatic carbocycles. The van der Waals surface area contributed by atoms with Gasteiger partial charge in [-0.1, -0.05) is 30.3 Å². The Balaban J connectivity index is 0.00000200. The maximum Gasteiger partial charge on any atom is 0.230 e. The molecule has 0 spiro atoms. The topological polar surface area (TPSA) is 41.1 Å². The first-order valence-electron chi connectivity index (χ1n) is 7.15. The average Bonchev–Trinajstić information content (AvgIpc) is 2.93. The molecule has 1 heterocycles. The van der Waals surface area contributed by atoms with Crippen molar-refractivity contribution in [2.24, 2.45) is 5.92 Å². The van der Waals surface area contributed by atoms with Gasteiger partial charge in [-0.15, -0.1) is 12.4 Å². The molecule has 1 atom stereocenters. The van der Waals surface area contributed by atoms with E-state index in [1.165, 1.54) is 6.42 Å². The number of hydrogen-bond acceptors (Lipinski definition) is 2. The van der Waals surface area contributed by atoms with E-state index in [0.29, 0.717) is 0 Å². The Labute approximate surface area is 127 Å². The van der Waals surface area contributed by atoms with Crippen molar-refractivity contribution in [2.45, 2.75) is 32.1 Å². The van der Waals surface area contributed by atoms with Crippen molar-refractivity contribution in [2.75, 3.05) is 19.6 Å². The molecule has 1 fully saturated rings. The number of rotatable bonds is 5. The zero-order chi connectivity index (χ0) is 13.7. The summed E-state index contributed by atoms with van der Waals surface area (Å²) in [5.74, 6) is 0.838. The quantitative estimate of drug-likeness (QED) is 0.876. The van der Waals surface area contributed by atoms with E-state index >= 15 is 0 Å². The van der Waals surface area contributed by atoms with Crippen LogP contribution in [0.25, 0.3) is 0 Å². The standard InChI is InChI=1S/C16H24N2O.ClH/c1-16(2,14-6-4-3-5-7-14)15(19)18-11-9-13-8-10-17-12-13;/h3-7,13,17H,8-12H2,1-2H3,(H,18,19);1H. The molecule has 4 heteroatoms. The Kier molecular flexibility index (Phi) is 6.50. The summed E-state index contributed by atoms with van der Waals surface area (Å²) in [6, 6.07) is 9.97. The van der Waals surface area contributed by atoms with E-state index < -0.39 is 5.41 Å². The minimum Gasteiger partial charge on any atom is -0.355 e. The lowest BCUT2D eigenvalue weighted by Gasteiger charge is -2.24. The van der Waals surface area contributed by atoms with Crippen molar-refractivity contribution >= 4 is 18.3 Å². The molecule has 2 N–H and O–H groups in total. The normalized spacial score (nSPS) is 18.4. The van der Waals surface area contributed by atoms with Crippen molar-refractivity contribution in [3.05, 3.63) is 35.9 Å². The van der Waals surface area contributed by atoms with Crippen LogP contribution in [0.4, 0.5) is 0 Å². The van der Waals surface area contributed by atoms with E-state index in [1.807, 2.05) is 44.2 Å². The van der Waals surface area contributed by atoms with Crippen molar-refractivity contribution in [3.8, 4) is 0 Å². The van der Waals surface area contributed by atoms with Crippen LogP contribution in [0, 0.1) is 5.92 Å². The van der Waals surface area contributed by atoms with Gasteiger partial charge in [-0.2, -0.15) is 0 Å². The molecule has 0 saturated carbocycles. The lowest BCUT2D eigenvalue weighted by Crippen LogP contribution is -2.40. The molecule has 1 amide bonds. The van der Waals surface area contributed by atoms with Gasteiger partial charge in [0, 0.05) is 6.54 Å². The van der Waals surface area contributed by atoms with Gasteiger partial charge in [0.1, 0.15) is 0 Å². The van der Waals surface area contributed by atoms with Crippen LogP contribution in [0.15, 0.2) is 30.3 Å². The monoisotopic (exact) mass is 296 g/mol. The van der Waals surface area contributed by atoms with E-state index in [2.05, 4.69) is 10.6 Å². The fourth-order valence-electron chi connectivity index (χ4n) is 2.56. The third kappa shape index (κ3) is 4.22. The Morgan fingerprint density at radius 3 is 2.65 bits per heavy atom. The fourth-order valence-corrected chi connectivity index (χ4v) is 2.56. The highest BCUT2D eigenvalue weighted by Crippen LogP contribution is 2.23. The second-order valence-corrected chi connectivity index (χ2v) is 5.89. The molecule has 3 nitrogen and oxygen atoms in total. The van der Waals surface area contributed by atoms with Crippen molar-refractivity contribution < 1.29 is 4.79 Å². The summed E-state index contributed by atoms with van der Waals surface area (Å²) >= 11 is 0. The fraction of sp³-hybridized carbons (Fsp3) is 0.562. The average molecular weight is 297 g/mol. The molecule has 112 valence electrons. The van der Waals surface area contributed by atoms with E-state index in [1.54, 1.807) is 0 Å². The van der Waals surface area contributed by atoms with E-state index in [-0.39, 0.29) is 18.3 Å². The van der Waals surface area contributed by atoms with Crippen molar-refractivity contribution in [3.63, 3.8) is 0 Å². The summed E-state index contributed by atoms with van der Waals surface area (Å²) in [6.45, 7) is 6.96. The molecule has 0 bridgehead atoms. The second kappa shape index (κ2) is 7.65. The highest BCUT2D eigenvalue weighted by molar-refractivity contribution is 5.87. The first-order valence-corrected chi connectivity index (χ1v) is 7.15. The zero-order valence-electron chi connectivity index (χ0n) is 12.3. The predicted molar refractivity (Wildman–Crippen MR) is 85.3 cm³/mol. The van der Waals surface area contributed by atoms with Crippen LogP contribution in [-0.4, -0.2) is 25.5 Å². The van der Waals surface area contributed by atoms with Gasteiger partial charge in [0.05, 0.1) is 5.41 Å². The molecular weight excluding hydrogens is 272 g/mol. The molecule has 1 aliphatic heterocycles. The molecule has 1 unspecified atom stereocenters. The second-order valence-electron chi connectivity index (χ2n) is 5.89. The Bertz CT molecular complexity index is 414. The Morgan fingerprint density at radius 1 is 1.35 bits per heavy atom. The van der Waals surface area contributed by atoms with Crippen LogP contribution in [-0.2, 0) is 10.2 Å². The first kappa shape index (κ1) is 17.0. The largest absolute Gasteiger partial charge is 0.355 e. The SMILES string of the molecule is CC(C)(C(=O)NCCC1CCNC1)c1ccccc1.Cl. The van der Waals surface area contributed by atoms with Gasteiger partial charge < -0.3 is 10.6 Å². The molecule has 1 aromatic rings. The molecule has 2 rings (SSSR count). The van der Waals surface area contributed by atoms with E-state index in [9.17, 15) is 4.79 Å². The molecule has 1 aliphatic rings. The zero-order valence-corrected chi connectivity index (χ0v) is 13.1. The molecule has 0 aliphatic carbocycles. The number of hydrogen-bond donors (Lipinski definition) is 2. The molecule has 0 radical (unpaired) electrons. The van der Waals surface area contributed by atoms with E-state index in [0.717, 1.165) is 37.5 Å². The van der Waals surface area contributed by atoms with Crippen LogP contribution in [0.5, 0.6) is 0 Å². The van der Waals surface area contributed by atoms with Crippen LogP contribution in [0.1, 0.15) is 32.3 Å². The molecule has 20 heavy (non-hydrogen) atoms. The van der Waals surface area contributed by atoms with Gasteiger partial charge in [0.25, 0.3) is 0 Å². The summed E-state index contributed by atoms with van der Waals surface area (Å²) in [5.41, 5.74) is 0.602. The van der Waals surface area contributed by atoms with E-state index in [4.69, 9.17) is 0 Å². The predicted octanol–water partition coefficient (Wildman–Crippen LogP) is 2.50. The van der Waals surface area contributed by atoms with Gasteiger partial charge in [0.2, 0.25) is 5.91 Å². The third-order valence-electron chi connectivity index (χ3n) is 4.06. The summed E-state index contributed by atoms with van der Waals surface area (Å²) in [6.07, 6.45) is 2.31. The van der Waals surface area contributed by atoms with Crippen LogP contribution >= 0.6 is 12.4 Å². The van der Waals surface area contributed by atoms with Gasteiger partial charge in [-0.3, -0.25) is 4.79 Å². The van der Waals surface area contributed by atoms with Gasteiger partial charge in [-0.25, -0.2) is 0 Å². The lowest BCUT2D eigenvalue weighted by molar-refractivity contribution is -0.125. The molecule has 1 saturated heterocycles. The van der Waals surface area contributed by atoms with Crippen molar-refractivity contribution in [1.29, 1.82) is 0 Å². The highest BCUT2D eigenvalue weighted by atomic mass is 35.5. The number of carbonyl (C=O) groups excluding carboxylic acids is 1. The first-order chi connectivity index (χ1) is 9.10. The number of amides is 1. The summed E-state index contributed by atoms with van der Waals surface area (Å²) in [5, 5.41) is 6.44. The minimum atomic E-state index is -0.463. The number of carbonyl (C=O) groups is 1.